The molecule has 162 valence electrons. The first-order valence-electron chi connectivity index (χ1n) is 11.0. The van der Waals surface area contributed by atoms with E-state index in [4.69, 9.17) is 9.72 Å². The molecule has 10 nitrogen and oxygen atoms in total. The summed E-state index contributed by atoms with van der Waals surface area (Å²) in [4.78, 5) is 11.4. The summed E-state index contributed by atoms with van der Waals surface area (Å²) < 4.78 is 7.64. The lowest BCUT2D eigenvalue weighted by Crippen LogP contribution is -2.48. The summed E-state index contributed by atoms with van der Waals surface area (Å²) in [6.07, 6.45) is 5.68. The van der Waals surface area contributed by atoms with E-state index in [1.807, 2.05) is 18.2 Å². The van der Waals surface area contributed by atoms with Crippen LogP contribution in [0.2, 0.25) is 0 Å². The molecule has 10 heteroatoms. The summed E-state index contributed by atoms with van der Waals surface area (Å²) in [5.74, 6) is 1.91. The number of ether oxygens (including phenoxy) is 1. The molecular formula is C21H26N8O2. The van der Waals surface area contributed by atoms with Crippen LogP contribution in [-0.4, -0.2) is 62.7 Å². The number of fused-ring (bicyclic) bond motifs is 4. The molecule has 1 aliphatic carbocycles. The number of hydrogen-bond acceptors (Lipinski definition) is 9. The molecule has 1 saturated carbocycles. The van der Waals surface area contributed by atoms with Crippen molar-refractivity contribution in [2.75, 3.05) is 43.1 Å². The van der Waals surface area contributed by atoms with E-state index in [0.717, 1.165) is 55.0 Å². The van der Waals surface area contributed by atoms with Crippen LogP contribution in [-0.2, 0) is 10.3 Å². The van der Waals surface area contributed by atoms with Crippen molar-refractivity contribution in [1.82, 2.24) is 30.0 Å². The number of nitrogens with one attached hydrogen (secondary N) is 2. The van der Waals surface area contributed by atoms with E-state index in [1.165, 1.54) is 12.8 Å². The van der Waals surface area contributed by atoms with Gasteiger partial charge in [-0.2, -0.15) is 4.98 Å². The normalized spacial score (nSPS) is 22.7. The molecule has 1 unspecified atom stereocenters. The standard InChI is InChI=1S/C21H26N8O2/c30-19-15-11-14-12-22-20(25-18(14)29(15)21(13-23-19)5-1-2-6-21)24-16-3-4-17(27-26-16)28-7-9-31-10-8-28/h3-4,11-12,19,23,30H,1-2,5-10,13H2,(H,22,24,25,26). The van der Waals surface area contributed by atoms with Crippen LogP contribution in [0, 0.1) is 0 Å². The second-order valence-corrected chi connectivity index (χ2v) is 8.59. The summed E-state index contributed by atoms with van der Waals surface area (Å²) in [7, 11) is 0. The monoisotopic (exact) mass is 422 g/mol. The van der Waals surface area contributed by atoms with Crippen LogP contribution in [0.1, 0.15) is 37.6 Å². The summed E-state index contributed by atoms with van der Waals surface area (Å²) >= 11 is 0. The fourth-order valence-corrected chi connectivity index (χ4v) is 5.14. The van der Waals surface area contributed by atoms with Gasteiger partial charge in [-0.25, -0.2) is 4.98 Å². The van der Waals surface area contributed by atoms with Crippen molar-refractivity contribution in [3.05, 3.63) is 30.1 Å². The SMILES string of the molecule is OC1NCC2(CCCC2)n2c1cc1cnc(Nc3ccc(N4CCOCC4)nn3)nc12. The van der Waals surface area contributed by atoms with Gasteiger partial charge in [0.05, 0.1) is 24.4 Å². The number of morpholine rings is 1. The Morgan fingerprint density at radius 1 is 1.16 bits per heavy atom. The van der Waals surface area contributed by atoms with E-state index in [1.54, 1.807) is 6.20 Å². The van der Waals surface area contributed by atoms with Crippen LogP contribution >= 0.6 is 0 Å². The van der Waals surface area contributed by atoms with Gasteiger partial charge in [-0.05, 0) is 31.0 Å². The highest BCUT2D eigenvalue weighted by Gasteiger charge is 2.42. The Morgan fingerprint density at radius 2 is 2.00 bits per heavy atom. The molecule has 1 saturated heterocycles. The van der Waals surface area contributed by atoms with Crippen molar-refractivity contribution >= 4 is 28.6 Å². The second kappa shape index (κ2) is 7.40. The van der Waals surface area contributed by atoms with Crippen molar-refractivity contribution in [3.63, 3.8) is 0 Å². The third kappa shape index (κ3) is 3.22. The highest BCUT2D eigenvalue weighted by Crippen LogP contribution is 2.43. The zero-order valence-electron chi connectivity index (χ0n) is 17.3. The quantitative estimate of drug-likeness (QED) is 0.580. The summed E-state index contributed by atoms with van der Waals surface area (Å²) in [5, 5.41) is 26.5. The van der Waals surface area contributed by atoms with Gasteiger partial charge in [0.2, 0.25) is 5.95 Å². The molecule has 0 bridgehead atoms. The molecular weight excluding hydrogens is 396 g/mol. The van der Waals surface area contributed by atoms with Crippen LogP contribution in [0.4, 0.5) is 17.6 Å². The van der Waals surface area contributed by atoms with Crippen molar-refractivity contribution in [2.45, 2.75) is 37.5 Å². The van der Waals surface area contributed by atoms with Crippen LogP contribution < -0.4 is 15.5 Å². The fraction of sp³-hybridized carbons (Fsp3) is 0.524. The maximum Gasteiger partial charge on any atom is 0.230 e. The molecule has 3 aliphatic rings. The van der Waals surface area contributed by atoms with E-state index >= 15 is 0 Å². The van der Waals surface area contributed by atoms with E-state index in [9.17, 15) is 5.11 Å². The van der Waals surface area contributed by atoms with Crippen molar-refractivity contribution < 1.29 is 9.84 Å². The van der Waals surface area contributed by atoms with Crippen molar-refractivity contribution in [2.24, 2.45) is 0 Å². The van der Waals surface area contributed by atoms with E-state index in [0.29, 0.717) is 25.0 Å². The molecule has 3 aromatic heterocycles. The summed E-state index contributed by atoms with van der Waals surface area (Å²) in [6, 6.07) is 5.84. The topological polar surface area (TPSA) is 113 Å². The third-order valence-corrected chi connectivity index (χ3v) is 6.71. The lowest BCUT2D eigenvalue weighted by Gasteiger charge is -2.39. The van der Waals surface area contributed by atoms with Gasteiger partial charge >= 0.3 is 0 Å². The van der Waals surface area contributed by atoms with Crippen LogP contribution in [0.25, 0.3) is 11.0 Å². The number of hydrogen-bond donors (Lipinski definition) is 3. The predicted molar refractivity (Wildman–Crippen MR) is 115 cm³/mol. The molecule has 0 aromatic carbocycles. The minimum atomic E-state index is -0.685. The molecule has 2 aliphatic heterocycles. The molecule has 0 radical (unpaired) electrons. The fourth-order valence-electron chi connectivity index (χ4n) is 5.14. The van der Waals surface area contributed by atoms with Crippen LogP contribution in [0.5, 0.6) is 0 Å². The van der Waals surface area contributed by atoms with Gasteiger partial charge in [0.1, 0.15) is 11.9 Å². The molecule has 6 rings (SSSR count). The van der Waals surface area contributed by atoms with Gasteiger partial charge < -0.3 is 24.6 Å². The second-order valence-electron chi connectivity index (χ2n) is 8.59. The van der Waals surface area contributed by atoms with E-state index < -0.39 is 6.23 Å². The van der Waals surface area contributed by atoms with Crippen molar-refractivity contribution in [3.8, 4) is 0 Å². The number of aliphatic hydroxyl groups is 1. The van der Waals surface area contributed by atoms with Gasteiger partial charge in [-0.1, -0.05) is 12.8 Å². The average Bonchev–Trinajstić information content (AvgIpc) is 3.43. The number of anilines is 3. The summed E-state index contributed by atoms with van der Waals surface area (Å²) in [6.45, 7) is 3.82. The molecule has 1 spiro atoms. The Morgan fingerprint density at radius 3 is 2.77 bits per heavy atom. The van der Waals surface area contributed by atoms with E-state index in [-0.39, 0.29) is 5.54 Å². The molecule has 31 heavy (non-hydrogen) atoms. The van der Waals surface area contributed by atoms with Gasteiger partial charge in [0.25, 0.3) is 0 Å². The Balaban J connectivity index is 1.31. The van der Waals surface area contributed by atoms with Crippen LogP contribution in [0.15, 0.2) is 24.4 Å². The maximum atomic E-state index is 10.5. The Bertz CT molecular complexity index is 1090. The number of aliphatic hydroxyl groups excluding tert-OH is 1. The smallest absolute Gasteiger partial charge is 0.230 e. The van der Waals surface area contributed by atoms with Gasteiger partial charge in [0.15, 0.2) is 11.6 Å². The Labute approximate surface area is 179 Å². The molecule has 1 atom stereocenters. The minimum absolute atomic E-state index is 0.0262. The summed E-state index contributed by atoms with van der Waals surface area (Å²) in [5.41, 5.74) is 1.69. The Kier molecular flexibility index (Phi) is 4.51. The van der Waals surface area contributed by atoms with Gasteiger partial charge in [-0.3, -0.25) is 5.32 Å². The van der Waals surface area contributed by atoms with Crippen LogP contribution in [0.3, 0.4) is 0 Å². The highest BCUT2D eigenvalue weighted by molar-refractivity contribution is 5.79. The molecule has 0 amide bonds. The first-order chi connectivity index (χ1) is 15.2. The first kappa shape index (κ1) is 18.9. The third-order valence-electron chi connectivity index (χ3n) is 6.71. The van der Waals surface area contributed by atoms with E-state index in [2.05, 4.69) is 35.3 Å². The molecule has 2 fully saturated rings. The predicted octanol–water partition coefficient (Wildman–Crippen LogP) is 1.66. The molecule has 5 heterocycles. The zero-order chi connectivity index (χ0) is 20.8. The zero-order valence-corrected chi connectivity index (χ0v) is 17.3. The van der Waals surface area contributed by atoms with Gasteiger partial charge in [0, 0.05) is 31.2 Å². The number of nitrogens with zero attached hydrogens (tertiary/aromatic N) is 6. The number of aromatic nitrogens is 5. The lowest BCUT2D eigenvalue weighted by molar-refractivity contribution is 0.0768. The minimum Gasteiger partial charge on any atom is -0.378 e. The first-order valence-corrected chi connectivity index (χ1v) is 11.0. The maximum absolute atomic E-state index is 10.5. The highest BCUT2D eigenvalue weighted by atomic mass is 16.5. The van der Waals surface area contributed by atoms with Crippen molar-refractivity contribution in [1.29, 1.82) is 0 Å². The largest absolute Gasteiger partial charge is 0.378 e. The average molecular weight is 422 g/mol. The Hall–Kier alpha value is -2.82. The molecule has 3 N–H and O–H groups in total. The lowest BCUT2D eigenvalue weighted by atomic mass is 9.94. The number of rotatable bonds is 3. The van der Waals surface area contributed by atoms with Gasteiger partial charge in [-0.15, -0.1) is 10.2 Å². The molecule has 3 aromatic rings.